The molecule has 2 unspecified atom stereocenters. The molecule has 7 nitrogen and oxygen atoms in total. The first kappa shape index (κ1) is 17.9. The second-order valence-corrected chi connectivity index (χ2v) is 5.84. The van der Waals surface area contributed by atoms with Gasteiger partial charge in [0.1, 0.15) is 19.3 Å². The Morgan fingerprint density at radius 1 is 1.12 bits per heavy atom. The van der Waals surface area contributed by atoms with Gasteiger partial charge in [-0.2, -0.15) is 0 Å². The summed E-state index contributed by atoms with van der Waals surface area (Å²) >= 11 is 0. The smallest absolute Gasteiger partial charge is 0.315 e. The summed E-state index contributed by atoms with van der Waals surface area (Å²) in [7, 11) is 0. The van der Waals surface area contributed by atoms with Crippen molar-refractivity contribution in [1.29, 1.82) is 0 Å². The molecule has 0 bridgehead atoms. The van der Waals surface area contributed by atoms with Crippen LogP contribution in [0.25, 0.3) is 0 Å². The molecule has 3 N–H and O–H groups in total. The first-order valence-electron chi connectivity index (χ1n) is 8.23. The summed E-state index contributed by atoms with van der Waals surface area (Å²) in [6, 6.07) is 4.63. The largest absolute Gasteiger partial charge is 0.486 e. The number of hydrogen-bond donors (Lipinski definition) is 3. The molecule has 0 saturated carbocycles. The lowest BCUT2D eigenvalue weighted by Gasteiger charge is -2.19. The van der Waals surface area contributed by atoms with Crippen molar-refractivity contribution in [3.8, 4) is 11.5 Å². The molecule has 1 aliphatic heterocycles. The van der Waals surface area contributed by atoms with E-state index in [0.29, 0.717) is 31.3 Å². The van der Waals surface area contributed by atoms with Gasteiger partial charge in [0.15, 0.2) is 11.5 Å². The summed E-state index contributed by atoms with van der Waals surface area (Å²) in [5.74, 6) is 1.20. The fraction of sp³-hybridized carbons (Fsp3) is 0.529. The second-order valence-electron chi connectivity index (χ2n) is 5.84. The van der Waals surface area contributed by atoms with Gasteiger partial charge < -0.3 is 25.4 Å². The van der Waals surface area contributed by atoms with Gasteiger partial charge >= 0.3 is 6.03 Å². The fourth-order valence-corrected chi connectivity index (χ4v) is 2.16. The Morgan fingerprint density at radius 2 is 1.83 bits per heavy atom. The molecule has 132 valence electrons. The first-order chi connectivity index (χ1) is 11.5. The summed E-state index contributed by atoms with van der Waals surface area (Å²) in [4.78, 5) is 23.8. The third-order valence-electron chi connectivity index (χ3n) is 3.80. The highest BCUT2D eigenvalue weighted by molar-refractivity contribution is 5.86. The zero-order chi connectivity index (χ0) is 17.5. The predicted molar refractivity (Wildman–Crippen MR) is 90.2 cm³/mol. The number of benzene rings is 1. The molecule has 1 aromatic carbocycles. The molecule has 0 aliphatic carbocycles. The van der Waals surface area contributed by atoms with Crippen LogP contribution in [0.3, 0.4) is 0 Å². The van der Waals surface area contributed by atoms with Crippen molar-refractivity contribution in [3.05, 3.63) is 23.8 Å². The molecular formula is C17H25N3O4. The summed E-state index contributed by atoms with van der Waals surface area (Å²) in [6.45, 7) is 6.97. The minimum atomic E-state index is -0.598. The number of carbonyl (C=O) groups is 2. The lowest BCUT2D eigenvalue weighted by Crippen LogP contribution is -2.49. The lowest BCUT2D eigenvalue weighted by atomic mass is 10.2. The van der Waals surface area contributed by atoms with Gasteiger partial charge in [0.25, 0.3) is 0 Å². The van der Waals surface area contributed by atoms with Crippen LogP contribution in [0.1, 0.15) is 32.8 Å². The Balaban J connectivity index is 1.79. The van der Waals surface area contributed by atoms with E-state index in [1.54, 1.807) is 6.92 Å². The maximum absolute atomic E-state index is 11.9. The average molecular weight is 335 g/mol. The number of urea groups is 1. The molecule has 1 aromatic rings. The SMILES string of the molecule is CCC(C)NC(=O)C(C)NC(=O)NCc1ccc2c(c1)OCCO2. The zero-order valence-corrected chi connectivity index (χ0v) is 14.3. The van der Waals surface area contributed by atoms with Crippen molar-refractivity contribution < 1.29 is 19.1 Å². The number of carbonyl (C=O) groups excluding carboxylic acids is 2. The van der Waals surface area contributed by atoms with E-state index in [0.717, 1.165) is 12.0 Å². The normalized spacial score (nSPS) is 15.1. The van der Waals surface area contributed by atoms with Crippen LogP contribution in [0.15, 0.2) is 18.2 Å². The van der Waals surface area contributed by atoms with Gasteiger partial charge in [0.2, 0.25) is 5.91 Å². The Morgan fingerprint density at radius 3 is 2.54 bits per heavy atom. The number of fused-ring (bicyclic) bond motifs is 1. The van der Waals surface area contributed by atoms with Crippen molar-refractivity contribution in [2.75, 3.05) is 13.2 Å². The first-order valence-corrected chi connectivity index (χ1v) is 8.23. The van der Waals surface area contributed by atoms with E-state index in [1.165, 1.54) is 0 Å². The Labute approximate surface area is 142 Å². The molecule has 0 radical (unpaired) electrons. The molecule has 0 aromatic heterocycles. The van der Waals surface area contributed by atoms with Crippen LogP contribution in [-0.2, 0) is 11.3 Å². The third-order valence-corrected chi connectivity index (χ3v) is 3.80. The third kappa shape index (κ3) is 5.04. The van der Waals surface area contributed by atoms with Crippen molar-refractivity contribution in [2.24, 2.45) is 0 Å². The van der Waals surface area contributed by atoms with E-state index >= 15 is 0 Å². The molecule has 24 heavy (non-hydrogen) atoms. The highest BCUT2D eigenvalue weighted by atomic mass is 16.6. The Hall–Kier alpha value is -2.44. The van der Waals surface area contributed by atoms with Crippen molar-refractivity contribution in [3.63, 3.8) is 0 Å². The number of rotatable bonds is 6. The summed E-state index contributed by atoms with van der Waals surface area (Å²) in [5, 5.41) is 8.19. The molecule has 2 rings (SSSR count). The summed E-state index contributed by atoms with van der Waals surface area (Å²) < 4.78 is 11.0. The van der Waals surface area contributed by atoms with Gasteiger partial charge in [-0.05, 0) is 38.0 Å². The van der Waals surface area contributed by atoms with Crippen LogP contribution >= 0.6 is 0 Å². The van der Waals surface area contributed by atoms with Crippen LogP contribution in [0.5, 0.6) is 11.5 Å². The molecule has 0 fully saturated rings. The molecule has 1 aliphatic rings. The van der Waals surface area contributed by atoms with Crippen molar-refractivity contribution in [1.82, 2.24) is 16.0 Å². The molecule has 2 atom stereocenters. The molecule has 3 amide bonds. The highest BCUT2D eigenvalue weighted by Gasteiger charge is 2.17. The number of nitrogens with one attached hydrogen (secondary N) is 3. The maximum atomic E-state index is 11.9. The molecular weight excluding hydrogens is 310 g/mol. The van der Waals surface area contributed by atoms with E-state index < -0.39 is 12.1 Å². The summed E-state index contributed by atoms with van der Waals surface area (Å²) in [5.41, 5.74) is 0.895. The van der Waals surface area contributed by atoms with Crippen molar-refractivity contribution in [2.45, 2.75) is 45.8 Å². The Bertz CT molecular complexity index is 591. The van der Waals surface area contributed by atoms with Gasteiger partial charge in [-0.25, -0.2) is 4.79 Å². The standard InChI is InChI=1S/C17H25N3O4/c1-4-11(2)19-16(21)12(3)20-17(22)18-10-13-5-6-14-15(9-13)24-8-7-23-14/h5-6,9,11-12H,4,7-8,10H2,1-3H3,(H,19,21)(H2,18,20,22). The Kier molecular flexibility index (Phi) is 6.28. The number of amides is 3. The van der Waals surface area contributed by atoms with Gasteiger partial charge in [0, 0.05) is 12.6 Å². The lowest BCUT2D eigenvalue weighted by molar-refractivity contribution is -0.123. The number of ether oxygens (including phenoxy) is 2. The topological polar surface area (TPSA) is 88.7 Å². The van der Waals surface area contributed by atoms with E-state index in [1.807, 2.05) is 32.0 Å². The van der Waals surface area contributed by atoms with Crippen LogP contribution < -0.4 is 25.4 Å². The van der Waals surface area contributed by atoms with Crippen LogP contribution in [0, 0.1) is 0 Å². The number of hydrogen-bond acceptors (Lipinski definition) is 4. The summed E-state index contributed by atoms with van der Waals surface area (Å²) in [6.07, 6.45) is 0.842. The monoisotopic (exact) mass is 335 g/mol. The predicted octanol–water partition coefficient (Wildman–Crippen LogP) is 1.56. The average Bonchev–Trinajstić information content (AvgIpc) is 2.59. The van der Waals surface area contributed by atoms with Crippen molar-refractivity contribution >= 4 is 11.9 Å². The van der Waals surface area contributed by atoms with Crippen LogP contribution in [0.2, 0.25) is 0 Å². The highest BCUT2D eigenvalue weighted by Crippen LogP contribution is 2.30. The van der Waals surface area contributed by atoms with Gasteiger partial charge in [0.05, 0.1) is 0 Å². The minimum Gasteiger partial charge on any atom is -0.486 e. The van der Waals surface area contributed by atoms with Gasteiger partial charge in [-0.1, -0.05) is 13.0 Å². The van der Waals surface area contributed by atoms with E-state index in [-0.39, 0.29) is 11.9 Å². The fourth-order valence-electron chi connectivity index (χ4n) is 2.16. The van der Waals surface area contributed by atoms with E-state index in [9.17, 15) is 9.59 Å². The van der Waals surface area contributed by atoms with Gasteiger partial charge in [-0.15, -0.1) is 0 Å². The molecule has 7 heteroatoms. The van der Waals surface area contributed by atoms with Crippen LogP contribution in [-0.4, -0.2) is 37.2 Å². The zero-order valence-electron chi connectivity index (χ0n) is 14.3. The van der Waals surface area contributed by atoms with E-state index in [4.69, 9.17) is 9.47 Å². The minimum absolute atomic E-state index is 0.0857. The van der Waals surface area contributed by atoms with Gasteiger partial charge in [-0.3, -0.25) is 4.79 Å². The molecule has 0 spiro atoms. The van der Waals surface area contributed by atoms with Crippen LogP contribution in [0.4, 0.5) is 4.79 Å². The second kappa shape index (κ2) is 8.42. The maximum Gasteiger partial charge on any atom is 0.315 e. The van der Waals surface area contributed by atoms with E-state index in [2.05, 4.69) is 16.0 Å². The molecule has 1 heterocycles. The quantitative estimate of drug-likeness (QED) is 0.736. The molecule has 0 saturated heterocycles.